The SMILES string of the molecule is NC1=CC2Oc3cc(N)ccc3CC2=CC1. The zero-order valence-corrected chi connectivity index (χ0v) is 8.94. The Morgan fingerprint density at radius 2 is 2.12 bits per heavy atom. The Balaban J connectivity index is 2.01. The van der Waals surface area contributed by atoms with E-state index in [2.05, 4.69) is 6.08 Å². The van der Waals surface area contributed by atoms with Gasteiger partial charge in [-0.25, -0.2) is 0 Å². The third-order valence-corrected chi connectivity index (χ3v) is 3.07. The van der Waals surface area contributed by atoms with E-state index in [0.29, 0.717) is 0 Å². The van der Waals surface area contributed by atoms with E-state index < -0.39 is 0 Å². The van der Waals surface area contributed by atoms with Gasteiger partial charge in [0.25, 0.3) is 0 Å². The van der Waals surface area contributed by atoms with Crippen LogP contribution in [0.3, 0.4) is 0 Å². The Morgan fingerprint density at radius 3 is 3.00 bits per heavy atom. The van der Waals surface area contributed by atoms with Gasteiger partial charge in [0, 0.05) is 30.3 Å². The summed E-state index contributed by atoms with van der Waals surface area (Å²) in [4.78, 5) is 0. The number of rotatable bonds is 0. The van der Waals surface area contributed by atoms with Crippen molar-refractivity contribution < 1.29 is 4.74 Å². The Morgan fingerprint density at radius 1 is 1.25 bits per heavy atom. The molecule has 82 valence electrons. The van der Waals surface area contributed by atoms with Gasteiger partial charge in [0.1, 0.15) is 11.9 Å². The molecule has 1 unspecified atom stereocenters. The van der Waals surface area contributed by atoms with Crippen LogP contribution >= 0.6 is 0 Å². The number of nitrogen functional groups attached to an aromatic ring is 1. The summed E-state index contributed by atoms with van der Waals surface area (Å²) in [5.74, 6) is 0.883. The van der Waals surface area contributed by atoms with Gasteiger partial charge < -0.3 is 16.2 Å². The van der Waals surface area contributed by atoms with Gasteiger partial charge in [0.05, 0.1) is 0 Å². The summed E-state index contributed by atoms with van der Waals surface area (Å²) >= 11 is 0. The lowest BCUT2D eigenvalue weighted by molar-refractivity contribution is 0.262. The van der Waals surface area contributed by atoms with Gasteiger partial charge >= 0.3 is 0 Å². The maximum absolute atomic E-state index is 5.88. The maximum atomic E-state index is 5.88. The first-order valence-corrected chi connectivity index (χ1v) is 5.42. The van der Waals surface area contributed by atoms with Gasteiger partial charge in [0.2, 0.25) is 0 Å². The third kappa shape index (κ3) is 1.45. The Kier molecular flexibility index (Phi) is 1.93. The lowest BCUT2D eigenvalue weighted by Crippen LogP contribution is -2.27. The maximum Gasteiger partial charge on any atom is 0.140 e. The fourth-order valence-corrected chi connectivity index (χ4v) is 2.20. The highest BCUT2D eigenvalue weighted by molar-refractivity contribution is 5.52. The summed E-state index contributed by atoms with van der Waals surface area (Å²) in [5.41, 5.74) is 15.7. The monoisotopic (exact) mass is 214 g/mol. The van der Waals surface area contributed by atoms with Crippen molar-refractivity contribution in [1.29, 1.82) is 0 Å². The average molecular weight is 214 g/mol. The highest BCUT2D eigenvalue weighted by Gasteiger charge is 2.24. The van der Waals surface area contributed by atoms with Crippen molar-refractivity contribution in [3.63, 3.8) is 0 Å². The molecule has 0 fully saturated rings. The molecule has 16 heavy (non-hydrogen) atoms. The van der Waals surface area contributed by atoms with Gasteiger partial charge in [-0.15, -0.1) is 0 Å². The van der Waals surface area contributed by atoms with Gasteiger partial charge in [0.15, 0.2) is 0 Å². The molecule has 0 amide bonds. The quantitative estimate of drug-likeness (QED) is 0.511. The van der Waals surface area contributed by atoms with Crippen LogP contribution in [0.4, 0.5) is 5.69 Å². The normalized spacial score (nSPS) is 22.4. The predicted octanol–water partition coefficient (Wildman–Crippen LogP) is 1.75. The first-order chi connectivity index (χ1) is 7.72. The molecule has 3 heteroatoms. The largest absolute Gasteiger partial charge is 0.482 e. The van der Waals surface area contributed by atoms with Crippen LogP contribution in [0, 0.1) is 0 Å². The minimum atomic E-state index is 0.00282. The summed E-state index contributed by atoms with van der Waals surface area (Å²) in [6, 6.07) is 5.82. The lowest BCUT2D eigenvalue weighted by Gasteiger charge is -2.29. The number of hydrogen-bond acceptors (Lipinski definition) is 3. The zero-order chi connectivity index (χ0) is 11.1. The number of fused-ring (bicyclic) bond motifs is 2. The molecule has 4 N–H and O–H groups in total. The van der Waals surface area contributed by atoms with Crippen LogP contribution in [0.1, 0.15) is 12.0 Å². The molecule has 1 aromatic carbocycles. The Labute approximate surface area is 94.4 Å². The third-order valence-electron chi connectivity index (χ3n) is 3.07. The van der Waals surface area contributed by atoms with Crippen molar-refractivity contribution in [2.24, 2.45) is 5.73 Å². The first kappa shape index (κ1) is 9.33. The summed E-state index contributed by atoms with van der Waals surface area (Å²) < 4.78 is 5.88. The zero-order valence-electron chi connectivity index (χ0n) is 8.94. The summed E-state index contributed by atoms with van der Waals surface area (Å²) in [7, 11) is 0. The van der Waals surface area contributed by atoms with E-state index in [1.165, 1.54) is 11.1 Å². The van der Waals surface area contributed by atoms with Crippen molar-refractivity contribution in [1.82, 2.24) is 0 Å². The fourth-order valence-electron chi connectivity index (χ4n) is 2.20. The van der Waals surface area contributed by atoms with Crippen LogP contribution in [0.5, 0.6) is 5.75 Å². The first-order valence-electron chi connectivity index (χ1n) is 5.42. The molecule has 0 saturated carbocycles. The Hall–Kier alpha value is -1.90. The second kappa shape index (κ2) is 3.30. The number of anilines is 1. The van der Waals surface area contributed by atoms with Gasteiger partial charge in [-0.3, -0.25) is 0 Å². The van der Waals surface area contributed by atoms with Crippen molar-refractivity contribution in [2.45, 2.75) is 18.9 Å². The number of ether oxygens (including phenoxy) is 1. The van der Waals surface area contributed by atoms with Crippen LogP contribution in [-0.4, -0.2) is 6.10 Å². The van der Waals surface area contributed by atoms with E-state index in [4.69, 9.17) is 16.2 Å². The molecule has 0 bridgehead atoms. The standard InChI is InChI=1S/C13H14N2O/c14-10-3-1-8-5-9-2-4-11(15)7-13(9)16-12(8)6-10/h1-3,6-7,13H,4-5,14-15H2. The minimum absolute atomic E-state index is 0.00282. The highest BCUT2D eigenvalue weighted by atomic mass is 16.5. The molecule has 0 spiro atoms. The van der Waals surface area contributed by atoms with Crippen molar-refractivity contribution in [3.8, 4) is 5.75 Å². The number of hydrogen-bond donors (Lipinski definition) is 2. The second-order valence-electron chi connectivity index (χ2n) is 4.31. The molecule has 1 aliphatic carbocycles. The second-order valence-corrected chi connectivity index (χ2v) is 4.31. The van der Waals surface area contributed by atoms with Crippen LogP contribution in [0.25, 0.3) is 0 Å². The average Bonchev–Trinajstić information content (AvgIpc) is 2.26. The van der Waals surface area contributed by atoms with Crippen molar-refractivity contribution >= 4 is 5.69 Å². The highest BCUT2D eigenvalue weighted by Crippen LogP contribution is 2.34. The van der Waals surface area contributed by atoms with Crippen LogP contribution in [-0.2, 0) is 6.42 Å². The van der Waals surface area contributed by atoms with Gasteiger partial charge in [-0.1, -0.05) is 12.1 Å². The van der Waals surface area contributed by atoms with Crippen LogP contribution < -0.4 is 16.2 Å². The molecule has 1 aliphatic heterocycles. The van der Waals surface area contributed by atoms with Crippen molar-refractivity contribution in [3.05, 3.63) is 47.2 Å². The topological polar surface area (TPSA) is 61.3 Å². The summed E-state index contributed by atoms with van der Waals surface area (Å²) in [6.45, 7) is 0. The van der Waals surface area contributed by atoms with Crippen LogP contribution in [0.2, 0.25) is 0 Å². The van der Waals surface area contributed by atoms with E-state index in [1.54, 1.807) is 0 Å². The van der Waals surface area contributed by atoms with Gasteiger partial charge in [-0.2, -0.15) is 0 Å². The molecule has 0 radical (unpaired) electrons. The minimum Gasteiger partial charge on any atom is -0.482 e. The molecule has 0 saturated heterocycles. The molecule has 3 rings (SSSR count). The van der Waals surface area contributed by atoms with Crippen LogP contribution in [0.15, 0.2) is 41.6 Å². The number of nitrogens with two attached hydrogens (primary N) is 2. The molecule has 0 aromatic heterocycles. The fraction of sp³-hybridized carbons (Fsp3) is 0.231. The van der Waals surface area contributed by atoms with E-state index in [1.807, 2.05) is 24.3 Å². The molecular formula is C13H14N2O. The number of allylic oxidation sites excluding steroid dienone is 1. The van der Waals surface area contributed by atoms with Crippen molar-refractivity contribution in [2.75, 3.05) is 5.73 Å². The molecule has 1 aromatic rings. The molecule has 1 heterocycles. The number of benzene rings is 1. The molecule has 3 nitrogen and oxygen atoms in total. The molecule has 2 aliphatic rings. The molecular weight excluding hydrogens is 200 g/mol. The van der Waals surface area contributed by atoms with E-state index in [0.717, 1.165) is 30.0 Å². The smallest absolute Gasteiger partial charge is 0.140 e. The van der Waals surface area contributed by atoms with E-state index in [9.17, 15) is 0 Å². The van der Waals surface area contributed by atoms with E-state index in [-0.39, 0.29) is 6.10 Å². The summed E-state index contributed by atoms with van der Waals surface area (Å²) in [6.07, 6.45) is 5.92. The summed E-state index contributed by atoms with van der Waals surface area (Å²) in [5, 5.41) is 0. The molecule has 1 atom stereocenters. The predicted molar refractivity (Wildman–Crippen MR) is 63.9 cm³/mol. The lowest BCUT2D eigenvalue weighted by atomic mass is 9.91. The van der Waals surface area contributed by atoms with E-state index >= 15 is 0 Å². The Bertz CT molecular complexity index is 503. The van der Waals surface area contributed by atoms with Gasteiger partial charge in [-0.05, 0) is 23.3 Å².